The number of nitrogens with one attached hydrogen (secondary N) is 2. The van der Waals surface area contributed by atoms with Crippen LogP contribution in [0.25, 0.3) is 0 Å². The summed E-state index contributed by atoms with van der Waals surface area (Å²) in [5.41, 5.74) is 5.19. The van der Waals surface area contributed by atoms with E-state index < -0.39 is 6.04 Å². The van der Waals surface area contributed by atoms with Gasteiger partial charge in [0.1, 0.15) is 24.8 Å². The van der Waals surface area contributed by atoms with E-state index in [9.17, 15) is 9.18 Å². The Labute approximate surface area is 226 Å². The Balaban J connectivity index is 1.50. The smallest absolute Gasteiger partial charge is 0.255 e. The monoisotopic (exact) mass is 527 g/mol. The molecule has 9 heteroatoms. The number of fused-ring (bicyclic) bond motifs is 1. The molecule has 1 amide bonds. The number of amides is 1. The molecule has 0 radical (unpaired) electrons. The van der Waals surface area contributed by atoms with Crippen LogP contribution in [0.3, 0.4) is 0 Å². The molecule has 2 N–H and O–H groups in total. The third-order valence-electron chi connectivity index (χ3n) is 6.59. The maximum atomic E-state index is 14.1. The fourth-order valence-corrected chi connectivity index (χ4v) is 4.69. The van der Waals surface area contributed by atoms with E-state index in [4.69, 9.17) is 9.47 Å². The number of allylic oxidation sites excluding steroid dienone is 1. The molecule has 2 heterocycles. The van der Waals surface area contributed by atoms with E-state index >= 15 is 0 Å². The van der Waals surface area contributed by atoms with Crippen molar-refractivity contribution < 1.29 is 18.7 Å². The van der Waals surface area contributed by atoms with Gasteiger partial charge >= 0.3 is 0 Å². The lowest BCUT2D eigenvalue weighted by atomic mass is 9.94. The minimum Gasteiger partial charge on any atom is -0.490 e. The van der Waals surface area contributed by atoms with Crippen LogP contribution in [0.15, 0.2) is 78.3 Å². The van der Waals surface area contributed by atoms with Gasteiger partial charge in [0.2, 0.25) is 5.95 Å². The van der Waals surface area contributed by atoms with E-state index in [1.54, 1.807) is 28.9 Å². The Bertz CT molecular complexity index is 1560. The zero-order valence-electron chi connectivity index (χ0n) is 22.3. The predicted molar refractivity (Wildman–Crippen MR) is 147 cm³/mol. The summed E-state index contributed by atoms with van der Waals surface area (Å²) in [6.45, 7) is 8.14. The molecular weight excluding hydrogens is 497 g/mol. The fraction of sp³-hybridized carbons (Fsp3) is 0.233. The minimum absolute atomic E-state index is 0.0508. The van der Waals surface area contributed by atoms with Gasteiger partial charge in [0.15, 0.2) is 11.5 Å². The first kappa shape index (κ1) is 26.0. The molecule has 8 nitrogen and oxygen atoms in total. The van der Waals surface area contributed by atoms with Crippen molar-refractivity contribution in [2.24, 2.45) is 0 Å². The first-order chi connectivity index (χ1) is 18.9. The van der Waals surface area contributed by atoms with Gasteiger partial charge in [-0.3, -0.25) is 4.79 Å². The summed E-state index contributed by atoms with van der Waals surface area (Å²) >= 11 is 0. The van der Waals surface area contributed by atoms with Crippen LogP contribution in [-0.4, -0.2) is 27.3 Å². The molecule has 4 aromatic rings. The summed E-state index contributed by atoms with van der Waals surface area (Å²) in [7, 11) is 0. The number of nitrogens with zero attached hydrogens (tertiary/aromatic N) is 3. The highest BCUT2D eigenvalue weighted by molar-refractivity contribution is 6.06. The molecule has 200 valence electrons. The molecule has 0 saturated carbocycles. The van der Waals surface area contributed by atoms with Gasteiger partial charge in [-0.15, -0.1) is 0 Å². The van der Waals surface area contributed by atoms with Gasteiger partial charge in [-0.2, -0.15) is 10.1 Å². The lowest BCUT2D eigenvalue weighted by molar-refractivity contribution is -0.113. The van der Waals surface area contributed by atoms with E-state index in [0.29, 0.717) is 40.9 Å². The molecule has 0 spiro atoms. The average Bonchev–Trinajstić information content (AvgIpc) is 3.37. The van der Waals surface area contributed by atoms with Gasteiger partial charge in [-0.05, 0) is 63.1 Å². The second-order valence-electron chi connectivity index (χ2n) is 9.39. The van der Waals surface area contributed by atoms with Crippen molar-refractivity contribution in [3.63, 3.8) is 0 Å². The Morgan fingerprint density at radius 2 is 1.87 bits per heavy atom. The highest BCUT2D eigenvalue weighted by Crippen LogP contribution is 2.39. The zero-order valence-corrected chi connectivity index (χ0v) is 22.3. The van der Waals surface area contributed by atoms with E-state index in [2.05, 4.69) is 20.7 Å². The van der Waals surface area contributed by atoms with Crippen molar-refractivity contribution in [1.82, 2.24) is 14.8 Å². The molecule has 0 aliphatic carbocycles. The number of hydrogen-bond donors (Lipinski definition) is 2. The number of hydrogen-bond acceptors (Lipinski definition) is 6. The largest absolute Gasteiger partial charge is 0.490 e. The lowest BCUT2D eigenvalue weighted by Crippen LogP contribution is -2.31. The highest BCUT2D eigenvalue weighted by atomic mass is 19.1. The lowest BCUT2D eigenvalue weighted by Gasteiger charge is -2.29. The number of carbonyl (C=O) groups is 1. The third-order valence-corrected chi connectivity index (χ3v) is 6.59. The van der Waals surface area contributed by atoms with Gasteiger partial charge < -0.3 is 20.1 Å². The molecule has 1 aliphatic heterocycles. The van der Waals surface area contributed by atoms with Crippen molar-refractivity contribution >= 4 is 17.5 Å². The first-order valence-electron chi connectivity index (χ1n) is 12.7. The topological polar surface area (TPSA) is 90.3 Å². The zero-order chi connectivity index (χ0) is 27.5. The van der Waals surface area contributed by atoms with Crippen molar-refractivity contribution in [1.29, 1.82) is 0 Å². The van der Waals surface area contributed by atoms with Crippen molar-refractivity contribution in [3.8, 4) is 11.5 Å². The highest BCUT2D eigenvalue weighted by Gasteiger charge is 2.34. The summed E-state index contributed by atoms with van der Waals surface area (Å²) in [6.07, 6.45) is 1.45. The normalized spacial score (nSPS) is 14.4. The van der Waals surface area contributed by atoms with Crippen molar-refractivity contribution in [2.75, 3.05) is 17.2 Å². The van der Waals surface area contributed by atoms with E-state index in [-0.39, 0.29) is 18.3 Å². The molecule has 1 atom stereocenters. The van der Waals surface area contributed by atoms with Crippen LogP contribution >= 0.6 is 0 Å². The van der Waals surface area contributed by atoms with Gasteiger partial charge in [-0.1, -0.05) is 42.0 Å². The van der Waals surface area contributed by atoms with Crippen molar-refractivity contribution in [2.45, 2.75) is 40.3 Å². The molecular formula is C30H30FN5O3. The molecule has 39 heavy (non-hydrogen) atoms. The fourth-order valence-electron chi connectivity index (χ4n) is 4.69. The van der Waals surface area contributed by atoms with Gasteiger partial charge in [0.25, 0.3) is 5.91 Å². The van der Waals surface area contributed by atoms with Gasteiger partial charge in [0.05, 0.1) is 12.2 Å². The molecule has 3 aromatic carbocycles. The number of rotatable bonds is 8. The maximum Gasteiger partial charge on any atom is 0.255 e. The maximum absolute atomic E-state index is 14.1. The number of ether oxygens (including phenoxy) is 2. The summed E-state index contributed by atoms with van der Waals surface area (Å²) < 4.78 is 27.7. The number of aryl methyl sites for hydroxylation is 2. The standard InChI is InChI=1S/C30H30FN5O3/c1-5-38-26-15-21(11-13-25(26)39-16-22-8-6-7-9-23(22)31)28-27(20(4)34-30-32-17-33-36(28)30)29(37)35-24-12-10-18(2)14-19(24)3/h6-15,17,28H,5,16H2,1-4H3,(H,35,37)(H,32,33,34). The van der Waals surface area contributed by atoms with Crippen LogP contribution in [-0.2, 0) is 11.4 Å². The van der Waals surface area contributed by atoms with E-state index in [1.165, 1.54) is 12.4 Å². The Morgan fingerprint density at radius 3 is 2.64 bits per heavy atom. The van der Waals surface area contributed by atoms with Gasteiger partial charge in [-0.25, -0.2) is 9.07 Å². The number of anilines is 2. The first-order valence-corrected chi connectivity index (χ1v) is 12.7. The number of aromatic nitrogens is 3. The second kappa shape index (κ2) is 11.0. The molecule has 1 aliphatic rings. The van der Waals surface area contributed by atoms with Crippen LogP contribution in [0.5, 0.6) is 11.5 Å². The number of carbonyl (C=O) groups excluding carboxylic acids is 1. The van der Waals surface area contributed by atoms with Crippen LogP contribution in [0.4, 0.5) is 16.0 Å². The van der Waals surface area contributed by atoms with Crippen LogP contribution in [0.2, 0.25) is 0 Å². The van der Waals surface area contributed by atoms with E-state index in [1.807, 2.05) is 58.0 Å². The van der Waals surface area contributed by atoms with Gasteiger partial charge in [0, 0.05) is 16.9 Å². The third kappa shape index (κ3) is 5.34. The molecule has 0 saturated heterocycles. The number of halogens is 1. The molecule has 1 aromatic heterocycles. The SMILES string of the molecule is CCOc1cc(C2C(C(=O)Nc3ccc(C)cc3C)=C(C)Nc3ncnn32)ccc1OCc1ccccc1F. The second-order valence-corrected chi connectivity index (χ2v) is 9.39. The summed E-state index contributed by atoms with van der Waals surface area (Å²) in [6, 6.07) is 17.3. The Kier molecular flexibility index (Phi) is 7.31. The van der Waals surface area contributed by atoms with Crippen LogP contribution in [0.1, 0.15) is 42.1 Å². The molecule has 0 fully saturated rings. The van der Waals surface area contributed by atoms with Crippen LogP contribution < -0.4 is 20.1 Å². The van der Waals surface area contributed by atoms with Crippen LogP contribution in [0, 0.1) is 19.7 Å². The summed E-state index contributed by atoms with van der Waals surface area (Å²) in [4.78, 5) is 18.1. The molecule has 0 bridgehead atoms. The quantitative estimate of drug-likeness (QED) is 0.295. The van der Waals surface area contributed by atoms with E-state index in [0.717, 1.165) is 22.4 Å². The predicted octanol–water partition coefficient (Wildman–Crippen LogP) is 5.94. The Morgan fingerprint density at radius 1 is 1.05 bits per heavy atom. The summed E-state index contributed by atoms with van der Waals surface area (Å²) in [5, 5.41) is 10.7. The Hall–Kier alpha value is -4.66. The average molecular weight is 528 g/mol. The minimum atomic E-state index is -0.575. The summed E-state index contributed by atoms with van der Waals surface area (Å²) in [5.74, 6) is 0.895. The number of benzene rings is 3. The molecule has 5 rings (SSSR count). The van der Waals surface area contributed by atoms with Crippen molar-refractivity contribution in [3.05, 3.63) is 106 Å². The molecule has 1 unspecified atom stereocenters.